The molecular formula is C11H10BrClN2O3. The molecule has 0 aromatic carbocycles. The van der Waals surface area contributed by atoms with Crippen LogP contribution in [0.4, 0.5) is 5.69 Å². The Kier molecular flexibility index (Phi) is 3.87. The minimum atomic E-state index is -0.429. The number of carbonyl (C=O) groups excluding carboxylic acids is 2. The molecule has 7 heteroatoms. The Bertz CT molecular complexity index is 509. The molecule has 2 rings (SSSR count). The Morgan fingerprint density at radius 1 is 1.67 bits per heavy atom. The first-order valence-electron chi connectivity index (χ1n) is 5.22. The van der Waals surface area contributed by atoms with Crippen LogP contribution < -0.4 is 4.90 Å². The Balaban J connectivity index is 2.27. The second kappa shape index (κ2) is 5.24. The Morgan fingerprint density at radius 2 is 2.39 bits per heavy atom. The van der Waals surface area contributed by atoms with Crippen LogP contribution in [0.1, 0.15) is 6.42 Å². The summed E-state index contributed by atoms with van der Waals surface area (Å²) < 4.78 is 5.31. The van der Waals surface area contributed by atoms with E-state index in [0.29, 0.717) is 21.9 Å². The lowest BCUT2D eigenvalue weighted by molar-refractivity contribution is -0.145. The largest absolute Gasteiger partial charge is 0.469 e. The van der Waals surface area contributed by atoms with E-state index in [1.807, 2.05) is 0 Å². The molecule has 1 amide bonds. The fourth-order valence-corrected chi connectivity index (χ4v) is 2.46. The van der Waals surface area contributed by atoms with E-state index < -0.39 is 5.92 Å². The summed E-state index contributed by atoms with van der Waals surface area (Å²) in [7, 11) is 1.31. The summed E-state index contributed by atoms with van der Waals surface area (Å²) in [5.41, 5.74) is 0.617. The minimum Gasteiger partial charge on any atom is -0.469 e. The van der Waals surface area contributed by atoms with Gasteiger partial charge in [0, 0.05) is 25.2 Å². The number of pyridine rings is 1. The maximum absolute atomic E-state index is 11.9. The molecule has 18 heavy (non-hydrogen) atoms. The topological polar surface area (TPSA) is 59.5 Å². The predicted octanol–water partition coefficient (Wildman–Crippen LogP) is 2.02. The Morgan fingerprint density at radius 3 is 3.06 bits per heavy atom. The zero-order chi connectivity index (χ0) is 13.3. The highest BCUT2D eigenvalue weighted by Gasteiger charge is 2.36. The van der Waals surface area contributed by atoms with Gasteiger partial charge in [0.1, 0.15) is 5.15 Å². The molecule has 0 aliphatic carbocycles. The molecular weight excluding hydrogens is 323 g/mol. The van der Waals surface area contributed by atoms with Crippen molar-refractivity contribution < 1.29 is 14.3 Å². The number of aromatic nitrogens is 1. The second-order valence-electron chi connectivity index (χ2n) is 3.89. The predicted molar refractivity (Wildman–Crippen MR) is 69.4 cm³/mol. The average molecular weight is 334 g/mol. The third-order valence-electron chi connectivity index (χ3n) is 2.75. The van der Waals surface area contributed by atoms with Crippen LogP contribution in [0.2, 0.25) is 5.15 Å². The molecule has 1 atom stereocenters. The van der Waals surface area contributed by atoms with Gasteiger partial charge in [-0.3, -0.25) is 9.59 Å². The highest BCUT2D eigenvalue weighted by atomic mass is 79.9. The van der Waals surface area contributed by atoms with Crippen LogP contribution in [0.25, 0.3) is 0 Å². The number of anilines is 1. The zero-order valence-electron chi connectivity index (χ0n) is 9.52. The van der Waals surface area contributed by atoms with Crippen molar-refractivity contribution >= 4 is 45.1 Å². The summed E-state index contributed by atoms with van der Waals surface area (Å²) in [6.45, 7) is 0.296. The maximum Gasteiger partial charge on any atom is 0.311 e. The molecule has 1 unspecified atom stereocenters. The molecule has 0 N–H and O–H groups in total. The van der Waals surface area contributed by atoms with Crippen LogP contribution in [0.3, 0.4) is 0 Å². The number of methoxy groups -OCH3 is 1. The Labute approximate surface area is 117 Å². The normalized spacial score (nSPS) is 19.2. The summed E-state index contributed by atoms with van der Waals surface area (Å²) in [6.07, 6.45) is 1.68. The van der Waals surface area contributed by atoms with Crippen LogP contribution in [0, 0.1) is 5.92 Å². The van der Waals surface area contributed by atoms with Gasteiger partial charge in [0.25, 0.3) is 0 Å². The van der Waals surface area contributed by atoms with Crippen LogP contribution >= 0.6 is 27.5 Å². The smallest absolute Gasteiger partial charge is 0.311 e. The number of hydrogen-bond acceptors (Lipinski definition) is 4. The van der Waals surface area contributed by atoms with Crippen molar-refractivity contribution in [2.45, 2.75) is 6.42 Å². The fraction of sp³-hybridized carbons (Fsp3) is 0.364. The molecule has 1 aromatic heterocycles. The number of hydrogen-bond donors (Lipinski definition) is 0. The van der Waals surface area contributed by atoms with Gasteiger partial charge in [-0.15, -0.1) is 0 Å². The quantitative estimate of drug-likeness (QED) is 0.614. The van der Waals surface area contributed by atoms with E-state index in [4.69, 9.17) is 11.6 Å². The lowest BCUT2D eigenvalue weighted by Crippen LogP contribution is -2.26. The van der Waals surface area contributed by atoms with Gasteiger partial charge in [0.05, 0.1) is 23.2 Å². The van der Waals surface area contributed by atoms with Gasteiger partial charge in [-0.25, -0.2) is 4.98 Å². The van der Waals surface area contributed by atoms with E-state index in [2.05, 4.69) is 25.7 Å². The monoisotopic (exact) mass is 332 g/mol. The van der Waals surface area contributed by atoms with E-state index >= 15 is 0 Å². The molecule has 2 heterocycles. The summed E-state index contributed by atoms with van der Waals surface area (Å²) in [4.78, 5) is 28.7. The summed E-state index contributed by atoms with van der Waals surface area (Å²) in [5, 5.41) is 0.294. The number of rotatable bonds is 2. The van der Waals surface area contributed by atoms with E-state index in [-0.39, 0.29) is 18.3 Å². The molecule has 96 valence electrons. The maximum atomic E-state index is 11.9. The molecule has 1 aromatic rings. The molecule has 0 spiro atoms. The number of carbonyl (C=O) groups is 2. The van der Waals surface area contributed by atoms with Crippen LogP contribution in [0.15, 0.2) is 16.7 Å². The van der Waals surface area contributed by atoms with E-state index in [9.17, 15) is 9.59 Å². The summed E-state index contributed by atoms with van der Waals surface area (Å²) in [6, 6.07) is 1.59. The highest BCUT2D eigenvalue weighted by molar-refractivity contribution is 9.10. The van der Waals surface area contributed by atoms with E-state index in [1.54, 1.807) is 6.07 Å². The van der Waals surface area contributed by atoms with Crippen molar-refractivity contribution in [3.05, 3.63) is 21.9 Å². The Hall–Kier alpha value is -1.14. The van der Waals surface area contributed by atoms with Gasteiger partial charge in [-0.2, -0.15) is 0 Å². The molecule has 5 nitrogen and oxygen atoms in total. The van der Waals surface area contributed by atoms with Crippen molar-refractivity contribution in [3.8, 4) is 0 Å². The molecule has 1 aliphatic rings. The van der Waals surface area contributed by atoms with Gasteiger partial charge < -0.3 is 9.64 Å². The first-order valence-corrected chi connectivity index (χ1v) is 6.39. The second-order valence-corrected chi connectivity index (χ2v) is 5.13. The first kappa shape index (κ1) is 13.3. The van der Waals surface area contributed by atoms with Gasteiger partial charge in [-0.05, 0) is 15.9 Å². The molecule has 0 bridgehead atoms. The standard InChI is InChI=1S/C11H10BrClN2O3/c1-18-11(17)6-2-10(16)15(5-6)8-3-9(13)14-4-7(8)12/h3-4,6H,2,5H2,1H3. The van der Waals surface area contributed by atoms with Crippen LogP contribution in [0.5, 0.6) is 0 Å². The van der Waals surface area contributed by atoms with Gasteiger partial charge >= 0.3 is 5.97 Å². The van der Waals surface area contributed by atoms with Crippen molar-refractivity contribution in [1.82, 2.24) is 4.98 Å². The third kappa shape index (κ3) is 2.49. The van der Waals surface area contributed by atoms with Crippen LogP contribution in [-0.2, 0) is 14.3 Å². The number of amides is 1. The minimum absolute atomic E-state index is 0.131. The SMILES string of the molecule is COC(=O)C1CC(=O)N(c2cc(Cl)ncc2Br)C1. The van der Waals surface area contributed by atoms with Crippen molar-refractivity contribution in [1.29, 1.82) is 0 Å². The third-order valence-corrected chi connectivity index (χ3v) is 3.57. The van der Waals surface area contributed by atoms with E-state index in [0.717, 1.165) is 0 Å². The number of ether oxygens (including phenoxy) is 1. The molecule has 1 aliphatic heterocycles. The molecule has 1 saturated heterocycles. The number of nitrogens with zero attached hydrogens (tertiary/aromatic N) is 2. The number of esters is 1. The summed E-state index contributed by atoms with van der Waals surface area (Å²) in [5.74, 6) is -0.933. The molecule has 0 radical (unpaired) electrons. The zero-order valence-corrected chi connectivity index (χ0v) is 11.9. The summed E-state index contributed by atoms with van der Waals surface area (Å²) >= 11 is 9.12. The lowest BCUT2D eigenvalue weighted by atomic mass is 10.1. The number of halogens is 2. The van der Waals surface area contributed by atoms with Crippen molar-refractivity contribution in [3.63, 3.8) is 0 Å². The van der Waals surface area contributed by atoms with E-state index in [1.165, 1.54) is 18.2 Å². The van der Waals surface area contributed by atoms with Crippen LogP contribution in [-0.4, -0.2) is 30.5 Å². The average Bonchev–Trinajstić information content (AvgIpc) is 2.73. The van der Waals surface area contributed by atoms with Crippen molar-refractivity contribution in [2.24, 2.45) is 5.92 Å². The molecule has 1 fully saturated rings. The lowest BCUT2D eigenvalue weighted by Gasteiger charge is -2.17. The van der Waals surface area contributed by atoms with Gasteiger partial charge in [0.2, 0.25) is 5.91 Å². The van der Waals surface area contributed by atoms with Gasteiger partial charge in [-0.1, -0.05) is 11.6 Å². The fourth-order valence-electron chi connectivity index (χ4n) is 1.88. The molecule has 0 saturated carbocycles. The van der Waals surface area contributed by atoms with Gasteiger partial charge in [0.15, 0.2) is 0 Å². The first-order chi connectivity index (χ1) is 8.52. The van der Waals surface area contributed by atoms with Crippen molar-refractivity contribution in [2.75, 3.05) is 18.6 Å². The highest BCUT2D eigenvalue weighted by Crippen LogP contribution is 2.32.